The summed E-state index contributed by atoms with van der Waals surface area (Å²) in [5.41, 5.74) is 3.76. The van der Waals surface area contributed by atoms with Gasteiger partial charge in [-0.25, -0.2) is 8.78 Å². The molecule has 9 heavy (non-hydrogen) atoms. The maximum absolute atomic E-state index is 11.8. The van der Waals surface area contributed by atoms with Crippen molar-refractivity contribution in [3.8, 4) is 0 Å². The molecule has 56 valence electrons. The highest BCUT2D eigenvalue weighted by Gasteiger charge is 2.28. The van der Waals surface area contributed by atoms with Crippen LogP contribution < -0.4 is 11.1 Å². The zero-order valence-corrected chi connectivity index (χ0v) is 5.62. The molecule has 0 spiro atoms. The van der Waals surface area contributed by atoms with Crippen LogP contribution in [-0.4, -0.2) is 25.6 Å². The zero-order chi connectivity index (χ0) is 7.49. The lowest BCUT2D eigenvalue weighted by Crippen LogP contribution is -2.51. The Kier molecular flexibility index (Phi) is 3.00. The number of likely N-dealkylation sites (N-methyl/N-ethyl adjacent to an activating group) is 1. The van der Waals surface area contributed by atoms with E-state index in [2.05, 4.69) is 5.32 Å². The van der Waals surface area contributed by atoms with Crippen molar-refractivity contribution in [2.75, 3.05) is 13.6 Å². The summed E-state index contributed by atoms with van der Waals surface area (Å²) in [4.78, 5) is 0. The molecule has 1 atom stereocenters. The monoisotopic (exact) mass is 138 g/mol. The number of nitrogens with one attached hydrogen (secondary N) is 1. The van der Waals surface area contributed by atoms with Crippen molar-refractivity contribution in [1.82, 2.24) is 5.32 Å². The van der Waals surface area contributed by atoms with Crippen molar-refractivity contribution in [3.05, 3.63) is 0 Å². The number of alkyl halides is 2. The van der Waals surface area contributed by atoms with Gasteiger partial charge in [0.15, 0.2) is 0 Å². The van der Waals surface area contributed by atoms with Gasteiger partial charge in [-0.3, -0.25) is 0 Å². The molecule has 0 heterocycles. The van der Waals surface area contributed by atoms with Crippen LogP contribution in [0.25, 0.3) is 0 Å². The fourth-order valence-corrected chi connectivity index (χ4v) is 0.458. The third-order valence-electron chi connectivity index (χ3n) is 1.06. The molecule has 0 aromatic rings. The maximum Gasteiger partial charge on any atom is 0.257 e. The van der Waals surface area contributed by atoms with E-state index < -0.39 is 12.0 Å². The van der Waals surface area contributed by atoms with Crippen LogP contribution in [0.2, 0.25) is 0 Å². The Morgan fingerprint density at radius 1 is 1.67 bits per heavy atom. The maximum atomic E-state index is 11.8. The van der Waals surface area contributed by atoms with E-state index in [1.54, 1.807) is 7.05 Å². The standard InChI is InChI=1S/C5H12F2N2/c1-5(8,3-9-2)4(6)7/h4,9H,3,8H2,1-2H3/t5-/m0/s1. The first-order chi connectivity index (χ1) is 4.00. The minimum atomic E-state index is -2.47. The van der Waals surface area contributed by atoms with Gasteiger partial charge in [0.05, 0.1) is 5.54 Å². The SMILES string of the molecule is CNC[C@](C)(N)C(F)F. The highest BCUT2D eigenvalue weighted by atomic mass is 19.3. The van der Waals surface area contributed by atoms with Gasteiger partial charge in [0, 0.05) is 6.54 Å². The summed E-state index contributed by atoms with van der Waals surface area (Å²) in [5.74, 6) is 0. The molecule has 0 aliphatic rings. The second-order valence-corrected chi connectivity index (χ2v) is 2.34. The van der Waals surface area contributed by atoms with E-state index in [9.17, 15) is 8.78 Å². The number of hydrogen-bond donors (Lipinski definition) is 2. The predicted octanol–water partition coefficient (Wildman–Crippen LogP) is 0.188. The lowest BCUT2D eigenvalue weighted by molar-refractivity contribution is 0.0647. The van der Waals surface area contributed by atoms with E-state index in [0.29, 0.717) is 0 Å². The first-order valence-corrected chi connectivity index (χ1v) is 2.72. The van der Waals surface area contributed by atoms with Gasteiger partial charge in [-0.1, -0.05) is 0 Å². The highest BCUT2D eigenvalue weighted by molar-refractivity contribution is 4.82. The molecule has 0 saturated carbocycles. The van der Waals surface area contributed by atoms with Crippen LogP contribution in [0.4, 0.5) is 8.78 Å². The number of nitrogens with two attached hydrogens (primary N) is 1. The highest BCUT2D eigenvalue weighted by Crippen LogP contribution is 2.09. The summed E-state index contributed by atoms with van der Waals surface area (Å²) in [5, 5.41) is 2.58. The summed E-state index contributed by atoms with van der Waals surface area (Å²) in [6.07, 6.45) is -2.47. The van der Waals surface area contributed by atoms with Crippen LogP contribution >= 0.6 is 0 Å². The summed E-state index contributed by atoms with van der Waals surface area (Å²) in [6.45, 7) is 1.44. The van der Waals surface area contributed by atoms with Crippen molar-refractivity contribution >= 4 is 0 Å². The molecule has 0 aromatic carbocycles. The Bertz CT molecular complexity index is 83.0. The van der Waals surface area contributed by atoms with Gasteiger partial charge in [0.2, 0.25) is 0 Å². The summed E-state index contributed by atoms with van der Waals surface area (Å²) in [7, 11) is 1.59. The topological polar surface area (TPSA) is 38.0 Å². The van der Waals surface area contributed by atoms with Crippen molar-refractivity contribution in [2.45, 2.75) is 18.9 Å². The van der Waals surface area contributed by atoms with Crippen LogP contribution in [0.5, 0.6) is 0 Å². The Hall–Kier alpha value is -0.220. The average Bonchev–Trinajstić information content (AvgIpc) is 1.65. The van der Waals surface area contributed by atoms with Crippen LogP contribution in [0, 0.1) is 0 Å². The first-order valence-electron chi connectivity index (χ1n) is 2.72. The van der Waals surface area contributed by atoms with E-state index in [-0.39, 0.29) is 6.54 Å². The van der Waals surface area contributed by atoms with E-state index in [1.807, 2.05) is 0 Å². The molecule has 2 nitrogen and oxygen atoms in total. The second kappa shape index (κ2) is 3.08. The van der Waals surface area contributed by atoms with Gasteiger partial charge in [-0.15, -0.1) is 0 Å². The molecule has 0 saturated heterocycles. The van der Waals surface area contributed by atoms with E-state index in [4.69, 9.17) is 5.73 Å². The molecule has 0 fully saturated rings. The minimum absolute atomic E-state index is 0.130. The lowest BCUT2D eigenvalue weighted by Gasteiger charge is -2.22. The Morgan fingerprint density at radius 3 is 2.22 bits per heavy atom. The molecule has 0 aliphatic carbocycles. The van der Waals surface area contributed by atoms with Crippen molar-refractivity contribution in [1.29, 1.82) is 0 Å². The lowest BCUT2D eigenvalue weighted by atomic mass is 10.1. The Balaban J connectivity index is 3.70. The number of hydrogen-bond acceptors (Lipinski definition) is 2. The first kappa shape index (κ1) is 8.78. The Labute approximate surface area is 53.4 Å². The second-order valence-electron chi connectivity index (χ2n) is 2.34. The molecule has 0 aromatic heterocycles. The van der Waals surface area contributed by atoms with Gasteiger partial charge in [-0.2, -0.15) is 0 Å². The summed E-state index contributed by atoms with van der Waals surface area (Å²) >= 11 is 0. The third-order valence-corrected chi connectivity index (χ3v) is 1.06. The van der Waals surface area contributed by atoms with Gasteiger partial charge >= 0.3 is 0 Å². The zero-order valence-electron chi connectivity index (χ0n) is 5.62. The van der Waals surface area contributed by atoms with Crippen LogP contribution in [0.3, 0.4) is 0 Å². The van der Waals surface area contributed by atoms with Gasteiger partial charge < -0.3 is 11.1 Å². The normalized spacial score (nSPS) is 18.0. The fourth-order valence-electron chi connectivity index (χ4n) is 0.458. The molecule has 3 N–H and O–H groups in total. The van der Waals surface area contributed by atoms with E-state index in [1.165, 1.54) is 6.92 Å². The fraction of sp³-hybridized carbons (Fsp3) is 1.00. The smallest absolute Gasteiger partial charge is 0.257 e. The molecular weight excluding hydrogens is 126 g/mol. The molecule has 0 rings (SSSR count). The molecular formula is C5H12F2N2. The van der Waals surface area contributed by atoms with Gasteiger partial charge in [-0.05, 0) is 14.0 Å². The Morgan fingerprint density at radius 2 is 2.11 bits per heavy atom. The predicted molar refractivity (Wildman–Crippen MR) is 32.5 cm³/mol. The number of halogens is 2. The third kappa shape index (κ3) is 2.72. The molecule has 0 amide bonds. The van der Waals surface area contributed by atoms with Crippen LogP contribution in [0.15, 0.2) is 0 Å². The van der Waals surface area contributed by atoms with E-state index in [0.717, 1.165) is 0 Å². The molecule has 0 radical (unpaired) electrons. The quantitative estimate of drug-likeness (QED) is 0.584. The number of rotatable bonds is 3. The molecule has 0 unspecified atom stereocenters. The van der Waals surface area contributed by atoms with Gasteiger partial charge in [0.25, 0.3) is 6.43 Å². The largest absolute Gasteiger partial charge is 0.320 e. The van der Waals surface area contributed by atoms with E-state index >= 15 is 0 Å². The van der Waals surface area contributed by atoms with Crippen molar-refractivity contribution in [2.24, 2.45) is 5.73 Å². The summed E-state index contributed by atoms with van der Waals surface area (Å²) < 4.78 is 23.7. The van der Waals surface area contributed by atoms with Crippen molar-refractivity contribution in [3.63, 3.8) is 0 Å². The average molecular weight is 138 g/mol. The summed E-state index contributed by atoms with van der Waals surface area (Å²) in [6, 6.07) is 0. The van der Waals surface area contributed by atoms with Gasteiger partial charge in [0.1, 0.15) is 0 Å². The molecule has 0 bridgehead atoms. The minimum Gasteiger partial charge on any atom is -0.320 e. The molecule has 4 heteroatoms. The molecule has 0 aliphatic heterocycles. The van der Waals surface area contributed by atoms with Crippen LogP contribution in [0.1, 0.15) is 6.92 Å². The van der Waals surface area contributed by atoms with Crippen molar-refractivity contribution < 1.29 is 8.78 Å². The van der Waals surface area contributed by atoms with Crippen LogP contribution in [-0.2, 0) is 0 Å².